The van der Waals surface area contributed by atoms with Crippen molar-refractivity contribution >= 4 is 33.2 Å². The van der Waals surface area contributed by atoms with E-state index < -0.39 is 15.4 Å². The Kier molecular flexibility index (Phi) is 5.99. The highest BCUT2D eigenvalue weighted by Gasteiger charge is 2.21. The van der Waals surface area contributed by atoms with Gasteiger partial charge in [-0.2, -0.15) is 4.31 Å². The van der Waals surface area contributed by atoms with Crippen LogP contribution in [-0.4, -0.2) is 31.1 Å². The molecule has 2 rings (SSSR count). The molecule has 2 aromatic rings. The Morgan fingerprint density at radius 3 is 2.25 bits per heavy atom. The van der Waals surface area contributed by atoms with Gasteiger partial charge in [0.25, 0.3) is 0 Å². The normalized spacial score (nSPS) is 12.8. The monoisotopic (exact) mass is 366 g/mol. The molecule has 0 spiro atoms. The fourth-order valence-corrected chi connectivity index (χ4v) is 3.27. The molecule has 128 valence electrons. The van der Waals surface area contributed by atoms with Crippen LogP contribution in [0.2, 0.25) is 0 Å². The minimum absolute atomic E-state index is 0.165. The summed E-state index contributed by atoms with van der Waals surface area (Å²) in [7, 11) is -2.07. The first-order valence-electron chi connectivity index (χ1n) is 7.36. The Balaban J connectivity index is 2.13. The Bertz CT molecular complexity index is 790. The number of anilines is 1. The smallest absolute Gasteiger partial charge is 0.243 e. The van der Waals surface area contributed by atoms with Crippen molar-refractivity contribution in [1.29, 1.82) is 0 Å². The number of rotatable bonds is 6. The summed E-state index contributed by atoms with van der Waals surface area (Å²) in [6.07, 6.45) is 0. The van der Waals surface area contributed by atoms with Crippen LogP contribution >= 0.6 is 11.6 Å². The van der Waals surface area contributed by atoms with E-state index in [0.29, 0.717) is 5.69 Å². The van der Waals surface area contributed by atoms with Gasteiger partial charge in [0.15, 0.2) is 0 Å². The number of alkyl halides is 1. The minimum atomic E-state index is -3.60. The fraction of sp³-hybridized carbons (Fsp3) is 0.235. The van der Waals surface area contributed by atoms with Gasteiger partial charge in [-0.05, 0) is 36.8 Å². The third-order valence-corrected chi connectivity index (χ3v) is 5.46. The summed E-state index contributed by atoms with van der Waals surface area (Å²) in [4.78, 5) is 11.7. The molecule has 7 heteroatoms. The number of nitrogens with one attached hydrogen (secondary N) is 1. The van der Waals surface area contributed by atoms with Gasteiger partial charge in [-0.15, -0.1) is 11.6 Å². The number of hydrogen-bond donors (Lipinski definition) is 1. The number of hydrogen-bond acceptors (Lipinski definition) is 3. The van der Waals surface area contributed by atoms with Gasteiger partial charge < -0.3 is 5.32 Å². The Labute approximate surface area is 147 Å². The highest BCUT2D eigenvalue weighted by Crippen LogP contribution is 2.19. The number of nitrogens with zero attached hydrogens (tertiary/aromatic N) is 1. The van der Waals surface area contributed by atoms with Gasteiger partial charge in [0, 0.05) is 19.3 Å². The van der Waals surface area contributed by atoms with Crippen molar-refractivity contribution in [2.24, 2.45) is 0 Å². The molecule has 0 aromatic heterocycles. The lowest BCUT2D eigenvalue weighted by Gasteiger charge is -2.17. The average Bonchev–Trinajstić information content (AvgIpc) is 2.56. The maximum absolute atomic E-state index is 12.6. The highest BCUT2D eigenvalue weighted by atomic mass is 35.5. The molecular formula is C17H19ClN2O3S. The zero-order chi connectivity index (χ0) is 17.7. The molecule has 0 aliphatic carbocycles. The SMILES string of the molecule is CC(Cl)C(=O)Nc1ccc(S(=O)(=O)N(C)Cc2ccccc2)cc1. The third kappa shape index (κ3) is 4.56. The summed E-state index contributed by atoms with van der Waals surface area (Å²) in [5, 5.41) is 1.95. The van der Waals surface area contributed by atoms with E-state index in [1.165, 1.54) is 23.5 Å². The van der Waals surface area contributed by atoms with Gasteiger partial charge in [-0.1, -0.05) is 30.3 Å². The molecule has 5 nitrogen and oxygen atoms in total. The fourth-order valence-electron chi connectivity index (χ4n) is 2.06. The zero-order valence-corrected chi connectivity index (χ0v) is 15.0. The van der Waals surface area contributed by atoms with Crippen molar-refractivity contribution in [1.82, 2.24) is 4.31 Å². The maximum Gasteiger partial charge on any atom is 0.243 e. The van der Waals surface area contributed by atoms with Gasteiger partial charge in [-0.25, -0.2) is 8.42 Å². The van der Waals surface area contributed by atoms with Gasteiger partial charge >= 0.3 is 0 Å². The number of amides is 1. The lowest BCUT2D eigenvalue weighted by Crippen LogP contribution is -2.26. The molecule has 2 aromatic carbocycles. The van der Waals surface area contributed by atoms with Crippen molar-refractivity contribution in [2.75, 3.05) is 12.4 Å². The number of halogens is 1. The van der Waals surface area contributed by atoms with E-state index in [0.717, 1.165) is 5.56 Å². The van der Waals surface area contributed by atoms with Crippen LogP contribution in [0.3, 0.4) is 0 Å². The minimum Gasteiger partial charge on any atom is -0.325 e. The molecule has 0 heterocycles. The number of benzene rings is 2. The number of carbonyl (C=O) groups excluding carboxylic acids is 1. The van der Waals surface area contributed by atoms with Crippen molar-refractivity contribution in [3.63, 3.8) is 0 Å². The van der Waals surface area contributed by atoms with E-state index >= 15 is 0 Å². The quantitative estimate of drug-likeness (QED) is 0.799. The van der Waals surface area contributed by atoms with Crippen molar-refractivity contribution in [3.8, 4) is 0 Å². The van der Waals surface area contributed by atoms with Gasteiger partial charge in [0.05, 0.1) is 4.90 Å². The standard InChI is InChI=1S/C17H19ClN2O3S/c1-13(18)17(21)19-15-8-10-16(11-9-15)24(22,23)20(2)12-14-6-4-3-5-7-14/h3-11,13H,12H2,1-2H3,(H,19,21). The summed E-state index contributed by atoms with van der Waals surface area (Å²) in [5.74, 6) is -0.339. The zero-order valence-electron chi connectivity index (χ0n) is 13.4. The Morgan fingerprint density at radius 1 is 1.12 bits per heavy atom. The number of sulfonamides is 1. The van der Waals surface area contributed by atoms with Crippen LogP contribution in [0.15, 0.2) is 59.5 Å². The van der Waals surface area contributed by atoms with Crippen LogP contribution in [0.5, 0.6) is 0 Å². The molecule has 0 aliphatic heterocycles. The molecular weight excluding hydrogens is 348 g/mol. The molecule has 0 bridgehead atoms. The molecule has 1 atom stereocenters. The highest BCUT2D eigenvalue weighted by molar-refractivity contribution is 7.89. The molecule has 1 amide bonds. The van der Waals surface area contributed by atoms with Crippen LogP contribution in [0.1, 0.15) is 12.5 Å². The molecule has 0 aliphatic rings. The first kappa shape index (κ1) is 18.4. The Hall–Kier alpha value is -1.89. The van der Waals surface area contributed by atoms with Crippen LogP contribution in [0, 0.1) is 0 Å². The van der Waals surface area contributed by atoms with Crippen molar-refractivity contribution in [3.05, 3.63) is 60.2 Å². The maximum atomic E-state index is 12.6. The second kappa shape index (κ2) is 7.79. The van der Waals surface area contributed by atoms with Gasteiger partial charge in [0.2, 0.25) is 15.9 Å². The largest absolute Gasteiger partial charge is 0.325 e. The average molecular weight is 367 g/mol. The predicted octanol–water partition coefficient (Wildman–Crippen LogP) is 3.07. The van der Waals surface area contributed by atoms with E-state index in [2.05, 4.69) is 5.32 Å². The van der Waals surface area contributed by atoms with Crippen molar-refractivity contribution < 1.29 is 13.2 Å². The van der Waals surface area contributed by atoms with Gasteiger partial charge in [0.1, 0.15) is 5.38 Å². The molecule has 1 N–H and O–H groups in total. The summed E-state index contributed by atoms with van der Waals surface area (Å²) in [6, 6.07) is 15.4. The van der Waals surface area contributed by atoms with Crippen LogP contribution in [0.4, 0.5) is 5.69 Å². The third-order valence-electron chi connectivity index (χ3n) is 3.44. The molecule has 0 saturated carbocycles. The lowest BCUT2D eigenvalue weighted by atomic mass is 10.2. The first-order valence-corrected chi connectivity index (χ1v) is 9.23. The summed E-state index contributed by atoms with van der Waals surface area (Å²) in [5.41, 5.74) is 1.40. The van der Waals surface area contributed by atoms with E-state index in [4.69, 9.17) is 11.6 Å². The molecule has 0 radical (unpaired) electrons. The topological polar surface area (TPSA) is 66.5 Å². The summed E-state index contributed by atoms with van der Waals surface area (Å²) >= 11 is 5.69. The first-order chi connectivity index (χ1) is 11.3. The molecule has 0 saturated heterocycles. The second-order valence-corrected chi connectivity index (χ2v) is 8.08. The molecule has 1 unspecified atom stereocenters. The summed E-state index contributed by atoms with van der Waals surface area (Å²) in [6.45, 7) is 1.85. The lowest BCUT2D eigenvalue weighted by molar-refractivity contribution is -0.115. The van der Waals surface area contributed by atoms with E-state index in [9.17, 15) is 13.2 Å². The van der Waals surface area contributed by atoms with E-state index in [-0.39, 0.29) is 17.3 Å². The predicted molar refractivity (Wildman–Crippen MR) is 95.5 cm³/mol. The van der Waals surface area contributed by atoms with E-state index in [1.807, 2.05) is 30.3 Å². The van der Waals surface area contributed by atoms with Crippen LogP contribution < -0.4 is 5.32 Å². The number of carbonyl (C=O) groups is 1. The van der Waals surface area contributed by atoms with Crippen LogP contribution in [-0.2, 0) is 21.4 Å². The Morgan fingerprint density at radius 2 is 1.71 bits per heavy atom. The second-order valence-electron chi connectivity index (χ2n) is 5.38. The molecule has 24 heavy (non-hydrogen) atoms. The van der Waals surface area contributed by atoms with Crippen LogP contribution in [0.25, 0.3) is 0 Å². The molecule has 0 fully saturated rings. The van der Waals surface area contributed by atoms with Gasteiger partial charge in [-0.3, -0.25) is 4.79 Å². The van der Waals surface area contributed by atoms with E-state index in [1.54, 1.807) is 19.1 Å². The summed E-state index contributed by atoms with van der Waals surface area (Å²) < 4.78 is 26.5. The van der Waals surface area contributed by atoms with Crippen molar-refractivity contribution in [2.45, 2.75) is 23.7 Å².